The van der Waals surface area contributed by atoms with Gasteiger partial charge in [-0.1, -0.05) is 48.5 Å². The molecule has 3 aromatic carbocycles. The molecule has 0 amide bonds. The number of carbonyl (C=O) groups is 1. The molecule has 0 spiro atoms. The van der Waals surface area contributed by atoms with Crippen molar-refractivity contribution in [1.29, 1.82) is 0 Å². The number of ether oxygens (including phenoxy) is 1. The summed E-state index contributed by atoms with van der Waals surface area (Å²) >= 11 is 0. The van der Waals surface area contributed by atoms with Crippen LogP contribution >= 0.6 is 0 Å². The molecule has 3 aromatic rings. The molecule has 2 unspecified atom stereocenters. The first-order valence-corrected chi connectivity index (χ1v) is 9.74. The molecule has 5 nitrogen and oxygen atoms in total. The third kappa shape index (κ3) is 4.06. The molecule has 3 N–H and O–H groups in total. The van der Waals surface area contributed by atoms with E-state index in [9.17, 15) is 28.2 Å². The van der Waals surface area contributed by atoms with E-state index >= 15 is 0 Å². The van der Waals surface area contributed by atoms with Gasteiger partial charge in [0.1, 0.15) is 24.1 Å². The molecule has 1 aliphatic heterocycles. The van der Waals surface area contributed by atoms with Gasteiger partial charge < -0.3 is 20.1 Å². The Bertz CT molecular complexity index is 1160. The van der Waals surface area contributed by atoms with Gasteiger partial charge in [-0.05, 0) is 34.9 Å². The number of hydrogen-bond acceptors (Lipinski definition) is 4. The molecule has 0 fully saturated rings. The molecular weight excluding hydrogens is 425 g/mol. The van der Waals surface area contributed by atoms with Crippen LogP contribution in [0, 0.1) is 0 Å². The van der Waals surface area contributed by atoms with E-state index in [4.69, 9.17) is 9.84 Å². The number of aromatic carboxylic acids is 1. The van der Waals surface area contributed by atoms with E-state index in [0.29, 0.717) is 11.1 Å². The summed E-state index contributed by atoms with van der Waals surface area (Å²) < 4.78 is 45.7. The topological polar surface area (TPSA) is 87.0 Å². The molecular formula is C24H19F3O5. The summed E-state index contributed by atoms with van der Waals surface area (Å²) in [5.41, 5.74) is -2.02. The van der Waals surface area contributed by atoms with Crippen LogP contribution in [0.1, 0.15) is 33.2 Å². The predicted octanol–water partition coefficient (Wildman–Crippen LogP) is 4.47. The first-order chi connectivity index (χ1) is 15.1. The highest BCUT2D eigenvalue weighted by molar-refractivity contribution is 5.90. The maximum absolute atomic E-state index is 13.3. The van der Waals surface area contributed by atoms with Gasteiger partial charge in [0.2, 0.25) is 0 Å². The Hall–Kier alpha value is -3.36. The highest BCUT2D eigenvalue weighted by Crippen LogP contribution is 2.42. The minimum atomic E-state index is -4.83. The van der Waals surface area contributed by atoms with E-state index in [0.717, 1.165) is 17.7 Å². The van der Waals surface area contributed by atoms with Gasteiger partial charge in [0, 0.05) is 12.0 Å². The lowest BCUT2D eigenvalue weighted by Gasteiger charge is -2.38. The first kappa shape index (κ1) is 21.9. The molecule has 0 aromatic heterocycles. The monoisotopic (exact) mass is 444 g/mol. The maximum atomic E-state index is 13.3. The summed E-state index contributed by atoms with van der Waals surface area (Å²) in [7, 11) is 0. The van der Waals surface area contributed by atoms with Crippen LogP contribution in [0.15, 0.2) is 66.7 Å². The number of carboxylic acid groups (broad SMARTS) is 1. The molecule has 0 aliphatic carbocycles. The fourth-order valence-electron chi connectivity index (χ4n) is 3.88. The summed E-state index contributed by atoms with van der Waals surface area (Å²) in [6.07, 6.45) is -5.94. The lowest BCUT2D eigenvalue weighted by molar-refractivity contribution is -0.138. The number of aliphatic hydroxyl groups excluding tert-OH is 1. The van der Waals surface area contributed by atoms with E-state index < -0.39 is 35.0 Å². The number of aliphatic hydroxyl groups is 2. The van der Waals surface area contributed by atoms with Crippen LogP contribution in [0.2, 0.25) is 0 Å². The zero-order chi connectivity index (χ0) is 23.1. The van der Waals surface area contributed by atoms with Crippen LogP contribution in [0.3, 0.4) is 0 Å². The van der Waals surface area contributed by atoms with Crippen molar-refractivity contribution >= 4 is 5.97 Å². The summed E-state index contributed by atoms with van der Waals surface area (Å²) in [4.78, 5) is 11.2. The van der Waals surface area contributed by atoms with Crippen molar-refractivity contribution in [3.63, 3.8) is 0 Å². The van der Waals surface area contributed by atoms with Gasteiger partial charge >= 0.3 is 12.1 Å². The number of alkyl halides is 3. The number of hydrogen-bond donors (Lipinski definition) is 3. The third-order valence-electron chi connectivity index (χ3n) is 5.54. The van der Waals surface area contributed by atoms with Crippen LogP contribution in [0.25, 0.3) is 11.1 Å². The van der Waals surface area contributed by atoms with E-state index in [-0.39, 0.29) is 24.3 Å². The first-order valence-electron chi connectivity index (χ1n) is 9.74. The largest absolute Gasteiger partial charge is 0.490 e. The molecule has 8 heteroatoms. The van der Waals surface area contributed by atoms with Gasteiger partial charge in [0.25, 0.3) is 0 Å². The Morgan fingerprint density at radius 1 is 1.03 bits per heavy atom. The number of rotatable bonds is 4. The predicted molar refractivity (Wildman–Crippen MR) is 109 cm³/mol. The van der Waals surface area contributed by atoms with Crippen LogP contribution in [-0.2, 0) is 12.6 Å². The summed E-state index contributed by atoms with van der Waals surface area (Å²) in [6, 6.07) is 16.5. The zero-order valence-corrected chi connectivity index (χ0v) is 16.6. The maximum Gasteiger partial charge on any atom is 0.417 e. The van der Waals surface area contributed by atoms with Gasteiger partial charge in [-0.3, -0.25) is 0 Å². The number of benzene rings is 3. The highest BCUT2D eigenvalue weighted by Gasteiger charge is 2.43. The van der Waals surface area contributed by atoms with Crippen molar-refractivity contribution in [2.24, 2.45) is 0 Å². The van der Waals surface area contributed by atoms with Crippen molar-refractivity contribution in [3.8, 4) is 16.9 Å². The van der Waals surface area contributed by atoms with Gasteiger partial charge in [-0.2, -0.15) is 13.2 Å². The van der Waals surface area contributed by atoms with Gasteiger partial charge in [0.15, 0.2) is 0 Å². The van der Waals surface area contributed by atoms with Crippen molar-refractivity contribution in [2.75, 3.05) is 6.61 Å². The molecule has 0 radical (unpaired) electrons. The zero-order valence-electron chi connectivity index (χ0n) is 16.6. The molecule has 0 saturated heterocycles. The van der Waals surface area contributed by atoms with Crippen LogP contribution < -0.4 is 4.74 Å². The molecule has 166 valence electrons. The van der Waals surface area contributed by atoms with Crippen molar-refractivity contribution < 1.29 is 38.0 Å². The van der Waals surface area contributed by atoms with Gasteiger partial charge in [-0.25, -0.2) is 4.79 Å². The Morgan fingerprint density at radius 2 is 1.69 bits per heavy atom. The molecule has 2 atom stereocenters. The summed E-state index contributed by atoms with van der Waals surface area (Å²) in [6.45, 7) is -0.203. The molecule has 32 heavy (non-hydrogen) atoms. The van der Waals surface area contributed by atoms with E-state index in [1.165, 1.54) is 24.3 Å². The second-order valence-electron chi connectivity index (χ2n) is 7.77. The smallest absolute Gasteiger partial charge is 0.417 e. The van der Waals surface area contributed by atoms with Gasteiger partial charge in [0.05, 0.1) is 11.1 Å². The van der Waals surface area contributed by atoms with Crippen LogP contribution in [0.5, 0.6) is 5.75 Å². The van der Waals surface area contributed by atoms with Crippen LogP contribution in [-0.4, -0.2) is 33.5 Å². The van der Waals surface area contributed by atoms with E-state index in [1.54, 1.807) is 0 Å². The Balaban J connectivity index is 1.67. The van der Waals surface area contributed by atoms with E-state index in [2.05, 4.69) is 0 Å². The Morgan fingerprint density at radius 3 is 2.34 bits per heavy atom. The second-order valence-corrected chi connectivity index (χ2v) is 7.77. The molecule has 4 rings (SSSR count). The van der Waals surface area contributed by atoms with Crippen molar-refractivity contribution in [3.05, 3.63) is 89.0 Å². The molecule has 1 aliphatic rings. The van der Waals surface area contributed by atoms with E-state index in [1.807, 2.05) is 30.3 Å². The Labute approximate surface area is 181 Å². The SMILES string of the molecule is O=C(O)c1ccc(-c2ccc3c(c2)OCC(O)(Cc2ccccc2)C3O)cc1C(F)(F)F. The quantitative estimate of drug-likeness (QED) is 0.553. The minimum Gasteiger partial charge on any atom is -0.490 e. The normalized spacial score (nSPS) is 20.3. The third-order valence-corrected chi connectivity index (χ3v) is 5.54. The highest BCUT2D eigenvalue weighted by atomic mass is 19.4. The summed E-state index contributed by atoms with van der Waals surface area (Å²) in [5, 5.41) is 30.8. The fourth-order valence-corrected chi connectivity index (χ4v) is 3.88. The average Bonchev–Trinajstić information content (AvgIpc) is 2.76. The van der Waals surface area contributed by atoms with Crippen LogP contribution in [0.4, 0.5) is 13.2 Å². The molecule has 0 saturated carbocycles. The lowest BCUT2D eigenvalue weighted by Crippen LogP contribution is -2.47. The fraction of sp³-hybridized carbons (Fsp3) is 0.208. The molecule has 0 bridgehead atoms. The number of halogens is 3. The molecule has 1 heterocycles. The Kier molecular flexibility index (Phi) is 5.44. The summed E-state index contributed by atoms with van der Waals surface area (Å²) in [5.74, 6) is -1.43. The lowest BCUT2D eigenvalue weighted by atomic mass is 9.83. The van der Waals surface area contributed by atoms with Crippen molar-refractivity contribution in [1.82, 2.24) is 0 Å². The second kappa shape index (κ2) is 7.96. The number of fused-ring (bicyclic) bond motifs is 1. The number of carboxylic acids is 1. The van der Waals surface area contributed by atoms with Gasteiger partial charge in [-0.15, -0.1) is 0 Å². The average molecular weight is 444 g/mol. The minimum absolute atomic E-state index is 0.147. The standard InChI is InChI=1S/C24H19F3O5/c25-24(26,27)19-10-15(6-8-17(19)22(29)30)16-7-9-18-20(11-16)32-13-23(31,21(18)28)12-14-4-2-1-3-5-14/h1-11,21,28,31H,12-13H2,(H,29,30). The van der Waals surface area contributed by atoms with Crippen molar-refractivity contribution in [2.45, 2.75) is 24.3 Å².